The quantitative estimate of drug-likeness (QED) is 0.915. The highest BCUT2D eigenvalue weighted by atomic mass is 16.4. The molecule has 1 aromatic heterocycles. The van der Waals surface area contributed by atoms with Gasteiger partial charge in [-0.25, -0.2) is 14.5 Å². The van der Waals surface area contributed by atoms with Gasteiger partial charge in [0.15, 0.2) is 5.82 Å². The van der Waals surface area contributed by atoms with Crippen LogP contribution < -0.4 is 0 Å². The minimum atomic E-state index is -0.910. The van der Waals surface area contributed by atoms with Crippen molar-refractivity contribution in [2.45, 2.75) is 33.6 Å². The van der Waals surface area contributed by atoms with Gasteiger partial charge < -0.3 is 5.11 Å². The van der Waals surface area contributed by atoms with Crippen LogP contribution in [-0.4, -0.2) is 25.8 Å². The number of hydrogen-bond donors (Lipinski definition) is 1. The molecule has 0 aliphatic carbocycles. The molecule has 0 saturated carbocycles. The molecule has 1 heterocycles. The maximum absolute atomic E-state index is 11.0. The molecule has 0 bridgehead atoms. The van der Waals surface area contributed by atoms with E-state index in [1.54, 1.807) is 23.7 Å². The van der Waals surface area contributed by atoms with Crippen molar-refractivity contribution in [3.63, 3.8) is 0 Å². The summed E-state index contributed by atoms with van der Waals surface area (Å²) < 4.78 is 1.79. The normalized spacial score (nSPS) is 10.7. The van der Waals surface area contributed by atoms with E-state index >= 15 is 0 Å². The molecule has 1 aromatic carbocycles. The number of aromatic nitrogens is 3. The molecule has 1 N–H and O–H groups in total. The number of aryl methyl sites for hydroxylation is 3. The average molecular weight is 259 g/mol. The summed E-state index contributed by atoms with van der Waals surface area (Å²) in [6.45, 7) is 5.83. The molecule has 5 heteroatoms. The van der Waals surface area contributed by atoms with Gasteiger partial charge >= 0.3 is 5.97 Å². The van der Waals surface area contributed by atoms with Crippen molar-refractivity contribution in [2.24, 2.45) is 0 Å². The number of carbonyl (C=O) groups is 1. The second kappa shape index (κ2) is 5.22. The molecule has 0 atom stereocenters. The Balaban J connectivity index is 2.50. The molecule has 2 aromatic rings. The predicted molar refractivity (Wildman–Crippen MR) is 71.8 cm³/mol. The molecular formula is C14H17N3O2. The van der Waals surface area contributed by atoms with Crippen LogP contribution in [0.15, 0.2) is 18.2 Å². The third kappa shape index (κ3) is 2.50. The number of benzene rings is 1. The van der Waals surface area contributed by atoms with E-state index in [0.29, 0.717) is 5.56 Å². The summed E-state index contributed by atoms with van der Waals surface area (Å²) in [7, 11) is 0. The number of rotatable bonds is 4. The summed E-state index contributed by atoms with van der Waals surface area (Å²) in [6, 6.07) is 5.21. The van der Waals surface area contributed by atoms with Crippen molar-refractivity contribution in [3.8, 4) is 5.69 Å². The first-order valence-electron chi connectivity index (χ1n) is 6.36. The first-order chi connectivity index (χ1) is 9.06. The Morgan fingerprint density at radius 3 is 2.58 bits per heavy atom. The lowest BCUT2D eigenvalue weighted by Gasteiger charge is -2.07. The Labute approximate surface area is 111 Å². The lowest BCUT2D eigenvalue weighted by atomic mass is 10.1. The molecule has 19 heavy (non-hydrogen) atoms. The Hall–Kier alpha value is -2.17. The van der Waals surface area contributed by atoms with Crippen molar-refractivity contribution in [1.29, 1.82) is 0 Å². The third-order valence-electron chi connectivity index (χ3n) is 3.04. The second-order valence-corrected chi connectivity index (χ2v) is 4.37. The van der Waals surface area contributed by atoms with Crippen LogP contribution >= 0.6 is 0 Å². The van der Waals surface area contributed by atoms with E-state index in [-0.39, 0.29) is 0 Å². The van der Waals surface area contributed by atoms with E-state index in [1.165, 1.54) is 0 Å². The maximum atomic E-state index is 11.0. The van der Waals surface area contributed by atoms with Gasteiger partial charge in [-0.15, -0.1) is 0 Å². The van der Waals surface area contributed by atoms with Gasteiger partial charge in [0.05, 0.1) is 11.3 Å². The number of hydrogen-bond acceptors (Lipinski definition) is 3. The van der Waals surface area contributed by atoms with Crippen LogP contribution in [-0.2, 0) is 12.8 Å². The molecule has 0 radical (unpaired) electrons. The fourth-order valence-electron chi connectivity index (χ4n) is 2.00. The fourth-order valence-corrected chi connectivity index (χ4v) is 2.00. The van der Waals surface area contributed by atoms with E-state index in [1.807, 2.05) is 19.9 Å². The van der Waals surface area contributed by atoms with Crippen LogP contribution in [0.25, 0.3) is 5.69 Å². The van der Waals surface area contributed by atoms with Crippen LogP contribution in [0.2, 0.25) is 0 Å². The number of aromatic carboxylic acids is 1. The van der Waals surface area contributed by atoms with Gasteiger partial charge in [0, 0.05) is 12.8 Å². The summed E-state index contributed by atoms with van der Waals surface area (Å²) in [4.78, 5) is 15.5. The zero-order valence-electron chi connectivity index (χ0n) is 11.3. The predicted octanol–water partition coefficient (Wildman–Crippen LogP) is 2.40. The van der Waals surface area contributed by atoms with Crippen molar-refractivity contribution >= 4 is 5.97 Å². The summed E-state index contributed by atoms with van der Waals surface area (Å²) in [6.07, 6.45) is 1.57. The van der Waals surface area contributed by atoms with Crippen molar-refractivity contribution < 1.29 is 9.90 Å². The first-order valence-corrected chi connectivity index (χ1v) is 6.36. The van der Waals surface area contributed by atoms with Crippen LogP contribution in [0, 0.1) is 6.92 Å². The molecule has 0 unspecified atom stereocenters. The highest BCUT2D eigenvalue weighted by Gasteiger charge is 2.12. The Morgan fingerprint density at radius 2 is 2.05 bits per heavy atom. The Morgan fingerprint density at radius 1 is 1.32 bits per heavy atom. The molecule has 0 aliphatic rings. The maximum Gasteiger partial charge on any atom is 0.335 e. The molecule has 0 fully saturated rings. The molecule has 0 aliphatic heterocycles. The summed E-state index contributed by atoms with van der Waals surface area (Å²) >= 11 is 0. The highest BCUT2D eigenvalue weighted by Crippen LogP contribution is 2.16. The zero-order chi connectivity index (χ0) is 14.0. The minimum Gasteiger partial charge on any atom is -0.478 e. The standard InChI is InChI=1S/C14H17N3O2/c1-4-12-15-13(5-2)17(16-12)10-6-7-11(14(18)19)9(3)8-10/h6-8H,4-5H2,1-3H3,(H,18,19). The molecule has 100 valence electrons. The Kier molecular flexibility index (Phi) is 3.64. The van der Waals surface area contributed by atoms with Crippen LogP contribution in [0.1, 0.15) is 41.4 Å². The third-order valence-corrected chi connectivity index (χ3v) is 3.04. The topological polar surface area (TPSA) is 68.0 Å². The molecule has 0 amide bonds. The molecule has 5 nitrogen and oxygen atoms in total. The summed E-state index contributed by atoms with van der Waals surface area (Å²) in [5.41, 5.74) is 1.89. The van der Waals surface area contributed by atoms with E-state index in [9.17, 15) is 4.79 Å². The van der Waals surface area contributed by atoms with Crippen molar-refractivity contribution in [1.82, 2.24) is 14.8 Å². The van der Waals surface area contributed by atoms with Crippen molar-refractivity contribution in [3.05, 3.63) is 41.0 Å². The molecular weight excluding hydrogens is 242 g/mol. The fraction of sp³-hybridized carbons (Fsp3) is 0.357. The van der Waals surface area contributed by atoms with Crippen LogP contribution in [0.4, 0.5) is 0 Å². The van der Waals surface area contributed by atoms with Gasteiger partial charge in [-0.3, -0.25) is 0 Å². The van der Waals surface area contributed by atoms with Gasteiger partial charge in [-0.1, -0.05) is 13.8 Å². The van der Waals surface area contributed by atoms with Crippen molar-refractivity contribution in [2.75, 3.05) is 0 Å². The summed E-state index contributed by atoms with van der Waals surface area (Å²) in [5, 5.41) is 13.5. The van der Waals surface area contributed by atoms with E-state index in [4.69, 9.17) is 5.11 Å². The van der Waals surface area contributed by atoms with E-state index in [0.717, 1.165) is 35.7 Å². The number of carboxylic acids is 1. The Bertz CT molecular complexity index is 617. The summed E-state index contributed by atoms with van der Waals surface area (Å²) in [5.74, 6) is 0.781. The number of nitrogens with zero attached hydrogens (tertiary/aromatic N) is 3. The first kappa shape index (κ1) is 13.3. The van der Waals surface area contributed by atoms with Gasteiger partial charge in [-0.05, 0) is 30.7 Å². The smallest absolute Gasteiger partial charge is 0.335 e. The zero-order valence-corrected chi connectivity index (χ0v) is 11.3. The monoisotopic (exact) mass is 259 g/mol. The molecule has 0 saturated heterocycles. The van der Waals surface area contributed by atoms with E-state index in [2.05, 4.69) is 10.1 Å². The minimum absolute atomic E-state index is 0.317. The van der Waals surface area contributed by atoms with Crippen LogP contribution in [0.5, 0.6) is 0 Å². The molecule has 0 spiro atoms. The second-order valence-electron chi connectivity index (χ2n) is 4.37. The van der Waals surface area contributed by atoms with Gasteiger partial charge in [-0.2, -0.15) is 5.10 Å². The van der Waals surface area contributed by atoms with Gasteiger partial charge in [0.2, 0.25) is 0 Å². The SMILES string of the molecule is CCc1nc(CC)n(-c2ccc(C(=O)O)c(C)c2)n1. The van der Waals surface area contributed by atoms with Crippen LogP contribution in [0.3, 0.4) is 0 Å². The van der Waals surface area contributed by atoms with Gasteiger partial charge in [0.25, 0.3) is 0 Å². The lowest BCUT2D eigenvalue weighted by Crippen LogP contribution is -2.05. The average Bonchev–Trinajstić information content (AvgIpc) is 2.81. The highest BCUT2D eigenvalue weighted by molar-refractivity contribution is 5.89. The van der Waals surface area contributed by atoms with Gasteiger partial charge in [0.1, 0.15) is 5.82 Å². The molecule has 2 rings (SSSR count). The van der Waals surface area contributed by atoms with E-state index < -0.39 is 5.97 Å². The number of carboxylic acid groups (broad SMARTS) is 1. The largest absolute Gasteiger partial charge is 0.478 e. The lowest BCUT2D eigenvalue weighted by molar-refractivity contribution is 0.0696.